The van der Waals surface area contributed by atoms with E-state index in [-0.39, 0.29) is 11.5 Å². The molecule has 39 heavy (non-hydrogen) atoms. The summed E-state index contributed by atoms with van der Waals surface area (Å²) in [7, 11) is 0. The van der Waals surface area contributed by atoms with Crippen LogP contribution in [0, 0.1) is 17.3 Å². The van der Waals surface area contributed by atoms with Crippen molar-refractivity contribution < 1.29 is 38.4 Å². The minimum absolute atomic E-state index is 0.195. The van der Waals surface area contributed by atoms with Crippen LogP contribution in [0.5, 0.6) is 0 Å². The molecule has 0 amide bonds. The number of aliphatic hydroxyl groups excluding tert-OH is 1. The number of carbonyl (C=O) groups excluding carboxylic acids is 3. The number of nitrogens with zero attached hydrogens (tertiary/aromatic N) is 1. The lowest BCUT2D eigenvalue weighted by molar-refractivity contribution is -0.295. The van der Waals surface area contributed by atoms with Gasteiger partial charge in [-0.1, -0.05) is 25.1 Å². The third-order valence-electron chi connectivity index (χ3n) is 9.04. The van der Waals surface area contributed by atoms with Crippen LogP contribution in [0.4, 0.5) is 0 Å². The van der Waals surface area contributed by atoms with Crippen LogP contribution in [0.1, 0.15) is 68.2 Å². The van der Waals surface area contributed by atoms with Gasteiger partial charge < -0.3 is 24.1 Å². The highest BCUT2D eigenvalue weighted by molar-refractivity contribution is 5.90. The van der Waals surface area contributed by atoms with Crippen LogP contribution in [-0.2, 0) is 23.7 Å². The number of aromatic nitrogens is 1. The highest BCUT2D eigenvalue weighted by Crippen LogP contribution is 2.67. The third kappa shape index (κ3) is 4.14. The maximum atomic E-state index is 13.4. The molecule has 0 radical (unpaired) electrons. The number of aliphatic hydroxyl groups is 1. The standard InChI is InChI=1S/C30H35NO8/c1-17-13-14-21(36-18(2)32)29(5)25(38-27(35)20-12-9-15-31-16-20)23(33)22-24(30(17,29)39-28(22,3)4)37-26(34)19-10-7-6-8-11-19/h6-12,15-17,21-25,33H,13-14H2,1-5H3. The summed E-state index contributed by atoms with van der Waals surface area (Å²) < 4.78 is 25.1. The Kier molecular flexibility index (Phi) is 6.79. The maximum Gasteiger partial charge on any atom is 0.340 e. The Hall–Kier alpha value is -3.30. The molecule has 1 saturated heterocycles. The molecular weight excluding hydrogens is 502 g/mol. The minimum Gasteiger partial charge on any atom is -0.462 e. The van der Waals surface area contributed by atoms with Crippen molar-refractivity contribution in [2.75, 3.05) is 0 Å². The average molecular weight is 538 g/mol. The second-order valence-electron chi connectivity index (χ2n) is 11.6. The quantitative estimate of drug-likeness (QED) is 0.449. The van der Waals surface area contributed by atoms with E-state index >= 15 is 0 Å². The van der Waals surface area contributed by atoms with Crippen LogP contribution in [0.3, 0.4) is 0 Å². The molecule has 2 saturated carbocycles. The van der Waals surface area contributed by atoms with Crippen molar-refractivity contribution in [3.05, 3.63) is 66.0 Å². The number of esters is 3. The molecule has 1 spiro atoms. The highest BCUT2D eigenvalue weighted by atomic mass is 16.6. The first-order valence-electron chi connectivity index (χ1n) is 13.4. The van der Waals surface area contributed by atoms with Gasteiger partial charge in [-0.05, 0) is 63.8 Å². The second kappa shape index (κ2) is 9.71. The Balaban J connectivity index is 1.65. The lowest BCUT2D eigenvalue weighted by atomic mass is 9.48. The van der Waals surface area contributed by atoms with Crippen molar-refractivity contribution in [1.82, 2.24) is 4.98 Å². The van der Waals surface area contributed by atoms with E-state index in [1.807, 2.05) is 27.7 Å². The predicted octanol–water partition coefficient (Wildman–Crippen LogP) is 3.74. The Morgan fingerprint density at radius 1 is 0.923 bits per heavy atom. The smallest absolute Gasteiger partial charge is 0.340 e. The summed E-state index contributed by atoms with van der Waals surface area (Å²) in [6.07, 6.45) is -0.0987. The number of rotatable bonds is 5. The minimum atomic E-state index is -1.29. The van der Waals surface area contributed by atoms with Crippen molar-refractivity contribution >= 4 is 17.9 Å². The molecule has 2 bridgehead atoms. The molecule has 2 aliphatic carbocycles. The zero-order valence-electron chi connectivity index (χ0n) is 22.8. The molecule has 208 valence electrons. The van der Waals surface area contributed by atoms with E-state index in [9.17, 15) is 19.5 Å². The first-order valence-corrected chi connectivity index (χ1v) is 13.4. The summed E-state index contributed by atoms with van der Waals surface area (Å²) in [6, 6.07) is 11.8. The van der Waals surface area contributed by atoms with E-state index in [1.54, 1.807) is 48.7 Å². The van der Waals surface area contributed by atoms with Crippen molar-refractivity contribution in [1.29, 1.82) is 0 Å². The molecule has 3 aliphatic rings. The Morgan fingerprint density at radius 2 is 1.56 bits per heavy atom. The number of hydrogen-bond donors (Lipinski definition) is 1. The topological polar surface area (TPSA) is 121 Å². The van der Waals surface area contributed by atoms with E-state index in [0.717, 1.165) is 0 Å². The van der Waals surface area contributed by atoms with E-state index in [1.165, 1.54) is 13.1 Å². The van der Waals surface area contributed by atoms with Gasteiger partial charge in [-0.25, -0.2) is 9.59 Å². The number of hydrogen-bond acceptors (Lipinski definition) is 9. The zero-order valence-corrected chi connectivity index (χ0v) is 22.8. The van der Waals surface area contributed by atoms with Crippen molar-refractivity contribution in [3.63, 3.8) is 0 Å². The van der Waals surface area contributed by atoms with Gasteiger partial charge >= 0.3 is 17.9 Å². The van der Waals surface area contributed by atoms with Crippen molar-refractivity contribution in [2.24, 2.45) is 17.3 Å². The zero-order chi connectivity index (χ0) is 28.2. The first kappa shape index (κ1) is 27.3. The molecule has 1 aliphatic heterocycles. The molecule has 2 aromatic rings. The van der Waals surface area contributed by atoms with E-state index in [4.69, 9.17) is 18.9 Å². The summed E-state index contributed by atoms with van der Waals surface area (Å²) in [5, 5.41) is 12.0. The monoisotopic (exact) mass is 537 g/mol. The van der Waals surface area contributed by atoms with Gasteiger partial charge in [0.05, 0.1) is 28.1 Å². The molecule has 5 rings (SSSR count). The molecule has 3 fully saturated rings. The summed E-state index contributed by atoms with van der Waals surface area (Å²) >= 11 is 0. The fourth-order valence-electron chi connectivity index (χ4n) is 7.39. The number of benzene rings is 1. The Bertz CT molecular complexity index is 1250. The molecule has 8 atom stereocenters. The highest BCUT2D eigenvalue weighted by Gasteiger charge is 2.81. The maximum absolute atomic E-state index is 13.4. The van der Waals surface area contributed by atoms with Gasteiger partial charge in [0.25, 0.3) is 0 Å². The fourth-order valence-corrected chi connectivity index (χ4v) is 7.39. The van der Waals surface area contributed by atoms with Gasteiger partial charge in [0.15, 0.2) is 0 Å². The Morgan fingerprint density at radius 3 is 2.21 bits per heavy atom. The van der Waals surface area contributed by atoms with E-state index in [2.05, 4.69) is 4.98 Å². The molecular formula is C30H35NO8. The van der Waals surface area contributed by atoms with Crippen LogP contribution >= 0.6 is 0 Å². The van der Waals surface area contributed by atoms with E-state index < -0.39 is 64.9 Å². The van der Waals surface area contributed by atoms with Gasteiger partial charge in [-0.15, -0.1) is 0 Å². The van der Waals surface area contributed by atoms with Crippen molar-refractivity contribution in [3.8, 4) is 0 Å². The average Bonchev–Trinajstić information content (AvgIpc) is 3.12. The molecule has 9 nitrogen and oxygen atoms in total. The van der Waals surface area contributed by atoms with Gasteiger partial charge in [0.1, 0.15) is 30.0 Å². The predicted molar refractivity (Wildman–Crippen MR) is 139 cm³/mol. The number of carbonyl (C=O) groups is 3. The third-order valence-corrected chi connectivity index (χ3v) is 9.04. The lowest BCUT2D eigenvalue weighted by Gasteiger charge is -2.62. The van der Waals surface area contributed by atoms with Gasteiger partial charge in [-0.3, -0.25) is 9.78 Å². The largest absolute Gasteiger partial charge is 0.462 e. The van der Waals surface area contributed by atoms with E-state index in [0.29, 0.717) is 18.4 Å². The summed E-state index contributed by atoms with van der Waals surface area (Å²) in [5.74, 6) is -2.65. The fraction of sp³-hybridized carbons (Fsp3) is 0.533. The second-order valence-corrected chi connectivity index (χ2v) is 11.6. The SMILES string of the molecule is CC(=O)OC1CCC(C)C23OC(C)(C)C(C(O)C(OC(=O)c4cccnc4)C12C)C3OC(=O)c1ccccc1. The normalized spacial score (nSPS) is 36.4. The van der Waals surface area contributed by atoms with Crippen LogP contribution in [0.25, 0.3) is 0 Å². The van der Waals surface area contributed by atoms with Crippen LogP contribution in [0.15, 0.2) is 54.9 Å². The Labute approximate surface area is 227 Å². The number of pyridine rings is 1. The summed E-state index contributed by atoms with van der Waals surface area (Å²) in [4.78, 5) is 43.0. The van der Waals surface area contributed by atoms with Gasteiger partial charge in [0.2, 0.25) is 0 Å². The molecule has 9 heteroatoms. The molecule has 8 unspecified atom stereocenters. The molecule has 1 aromatic carbocycles. The van der Waals surface area contributed by atoms with Gasteiger partial charge in [-0.2, -0.15) is 0 Å². The van der Waals surface area contributed by atoms with Crippen LogP contribution in [-0.4, -0.2) is 63.6 Å². The molecule has 1 aromatic heterocycles. The van der Waals surface area contributed by atoms with Crippen molar-refractivity contribution in [2.45, 2.75) is 83.1 Å². The van der Waals surface area contributed by atoms with Crippen LogP contribution in [0.2, 0.25) is 0 Å². The first-order chi connectivity index (χ1) is 18.4. The summed E-state index contributed by atoms with van der Waals surface area (Å²) in [5.41, 5.74) is -2.87. The van der Waals surface area contributed by atoms with Crippen LogP contribution < -0.4 is 0 Å². The molecule has 1 N–H and O–H groups in total. The lowest BCUT2D eigenvalue weighted by Crippen LogP contribution is -2.76. The number of fused-ring (bicyclic) bond motifs is 1. The number of ether oxygens (including phenoxy) is 4. The summed E-state index contributed by atoms with van der Waals surface area (Å²) in [6.45, 7) is 8.81. The van der Waals surface area contributed by atoms with Gasteiger partial charge in [0, 0.05) is 19.3 Å². The molecule has 2 heterocycles.